The zero-order chi connectivity index (χ0) is 10.0. The molecule has 1 aliphatic rings. The summed E-state index contributed by atoms with van der Waals surface area (Å²) in [5, 5.41) is 0. The molecule has 0 amide bonds. The molecule has 0 spiro atoms. The standard InChI is InChI=1S/C11H24BN/c1-8(2)10-5-6-13(9(3)4)11(12)7-10/h8-11H,5-7,12H2,1-4H3. The minimum Gasteiger partial charge on any atom is -0.306 e. The first-order chi connectivity index (χ1) is 6.02. The van der Waals surface area contributed by atoms with Crippen LogP contribution in [0.4, 0.5) is 0 Å². The van der Waals surface area contributed by atoms with Gasteiger partial charge in [0.15, 0.2) is 0 Å². The highest BCUT2D eigenvalue weighted by Gasteiger charge is 2.27. The van der Waals surface area contributed by atoms with Crippen LogP contribution in [0, 0.1) is 11.8 Å². The van der Waals surface area contributed by atoms with Crippen molar-refractivity contribution in [3.05, 3.63) is 0 Å². The summed E-state index contributed by atoms with van der Waals surface area (Å²) in [4.78, 5) is 2.64. The molecular weight excluding hydrogens is 157 g/mol. The van der Waals surface area contributed by atoms with Crippen molar-refractivity contribution in [2.45, 2.75) is 52.5 Å². The van der Waals surface area contributed by atoms with Gasteiger partial charge in [0.2, 0.25) is 0 Å². The maximum Gasteiger partial charge on any atom is 0.123 e. The van der Waals surface area contributed by atoms with E-state index >= 15 is 0 Å². The van der Waals surface area contributed by atoms with Crippen LogP contribution < -0.4 is 0 Å². The van der Waals surface area contributed by atoms with Crippen molar-refractivity contribution < 1.29 is 0 Å². The maximum atomic E-state index is 2.64. The molecule has 0 radical (unpaired) electrons. The number of piperidine rings is 1. The summed E-state index contributed by atoms with van der Waals surface area (Å²) in [5.41, 5.74) is 0. The molecule has 1 heterocycles. The van der Waals surface area contributed by atoms with Crippen molar-refractivity contribution in [3.63, 3.8) is 0 Å². The fourth-order valence-corrected chi connectivity index (χ4v) is 2.60. The first kappa shape index (κ1) is 11.1. The molecule has 0 N–H and O–H groups in total. The first-order valence-corrected chi connectivity index (χ1v) is 5.78. The molecule has 1 rings (SSSR count). The Morgan fingerprint density at radius 3 is 2.23 bits per heavy atom. The van der Waals surface area contributed by atoms with Gasteiger partial charge in [0.1, 0.15) is 7.85 Å². The molecule has 0 aromatic heterocycles. The van der Waals surface area contributed by atoms with Crippen molar-refractivity contribution >= 4 is 7.85 Å². The van der Waals surface area contributed by atoms with Gasteiger partial charge in [0, 0.05) is 6.04 Å². The Morgan fingerprint density at radius 1 is 1.23 bits per heavy atom. The van der Waals surface area contributed by atoms with E-state index in [4.69, 9.17) is 0 Å². The van der Waals surface area contributed by atoms with Gasteiger partial charge in [-0.05, 0) is 51.0 Å². The molecule has 0 saturated carbocycles. The molecule has 0 aliphatic carbocycles. The van der Waals surface area contributed by atoms with E-state index in [1.165, 1.54) is 19.4 Å². The highest BCUT2D eigenvalue weighted by atomic mass is 15.2. The van der Waals surface area contributed by atoms with Gasteiger partial charge >= 0.3 is 0 Å². The van der Waals surface area contributed by atoms with Crippen molar-refractivity contribution in [2.24, 2.45) is 11.8 Å². The maximum absolute atomic E-state index is 2.64. The van der Waals surface area contributed by atoms with Gasteiger partial charge in [0.25, 0.3) is 0 Å². The normalized spacial score (nSPS) is 31.5. The Balaban J connectivity index is 2.46. The van der Waals surface area contributed by atoms with Gasteiger partial charge < -0.3 is 4.90 Å². The monoisotopic (exact) mass is 181 g/mol. The zero-order valence-corrected chi connectivity index (χ0v) is 9.88. The minimum absolute atomic E-state index is 0.725. The number of hydrogen-bond donors (Lipinski definition) is 0. The summed E-state index contributed by atoms with van der Waals surface area (Å²) in [5.74, 6) is 2.63. The van der Waals surface area contributed by atoms with Crippen LogP contribution in [0.5, 0.6) is 0 Å². The summed E-state index contributed by atoms with van der Waals surface area (Å²) in [6.07, 6.45) is 2.80. The molecule has 1 aliphatic heterocycles. The van der Waals surface area contributed by atoms with Gasteiger partial charge in [-0.1, -0.05) is 13.8 Å². The fourth-order valence-electron chi connectivity index (χ4n) is 2.60. The quantitative estimate of drug-likeness (QED) is 0.586. The van der Waals surface area contributed by atoms with E-state index in [1.54, 1.807) is 0 Å². The van der Waals surface area contributed by atoms with Gasteiger partial charge in [-0.2, -0.15) is 0 Å². The minimum atomic E-state index is 0.725. The van der Waals surface area contributed by atoms with E-state index in [-0.39, 0.29) is 0 Å². The van der Waals surface area contributed by atoms with E-state index < -0.39 is 0 Å². The van der Waals surface area contributed by atoms with Crippen LogP contribution in [-0.2, 0) is 0 Å². The Morgan fingerprint density at radius 2 is 1.85 bits per heavy atom. The topological polar surface area (TPSA) is 3.24 Å². The van der Waals surface area contributed by atoms with Crippen molar-refractivity contribution in [3.8, 4) is 0 Å². The predicted octanol–water partition coefficient (Wildman–Crippen LogP) is 1.72. The van der Waals surface area contributed by atoms with Gasteiger partial charge in [0.05, 0.1) is 0 Å². The van der Waals surface area contributed by atoms with Crippen LogP contribution in [0.3, 0.4) is 0 Å². The van der Waals surface area contributed by atoms with E-state index in [9.17, 15) is 0 Å². The van der Waals surface area contributed by atoms with Crippen molar-refractivity contribution in [2.75, 3.05) is 6.54 Å². The summed E-state index contributed by atoms with van der Waals surface area (Å²) in [6.45, 7) is 10.7. The van der Waals surface area contributed by atoms with E-state index in [0.717, 1.165) is 23.8 Å². The average Bonchev–Trinajstić information content (AvgIpc) is 2.03. The Kier molecular flexibility index (Phi) is 3.84. The largest absolute Gasteiger partial charge is 0.306 e. The Labute approximate surface area is 84.3 Å². The Hall–Kier alpha value is 0.0249. The summed E-state index contributed by atoms with van der Waals surface area (Å²) >= 11 is 0. The third-order valence-electron chi connectivity index (χ3n) is 3.57. The number of hydrogen-bond acceptors (Lipinski definition) is 1. The van der Waals surface area contributed by atoms with Gasteiger partial charge in [-0.25, -0.2) is 0 Å². The summed E-state index contributed by atoms with van der Waals surface area (Å²) in [6, 6.07) is 0.725. The van der Waals surface area contributed by atoms with Crippen LogP contribution in [0.1, 0.15) is 40.5 Å². The first-order valence-electron chi connectivity index (χ1n) is 5.78. The lowest BCUT2D eigenvalue weighted by Gasteiger charge is -2.41. The molecular formula is C11H24BN. The number of likely N-dealkylation sites (tertiary alicyclic amines) is 1. The lowest BCUT2D eigenvalue weighted by Crippen LogP contribution is -2.47. The van der Waals surface area contributed by atoms with Crippen LogP contribution in [-0.4, -0.2) is 31.3 Å². The molecule has 2 atom stereocenters. The molecule has 2 heteroatoms. The highest BCUT2D eigenvalue weighted by Crippen LogP contribution is 2.28. The predicted molar refractivity (Wildman–Crippen MR) is 61.7 cm³/mol. The third-order valence-corrected chi connectivity index (χ3v) is 3.57. The van der Waals surface area contributed by atoms with Crippen LogP contribution in [0.25, 0.3) is 0 Å². The molecule has 13 heavy (non-hydrogen) atoms. The summed E-state index contributed by atoms with van der Waals surface area (Å²) < 4.78 is 0. The Bertz CT molecular complexity index is 156. The van der Waals surface area contributed by atoms with Crippen molar-refractivity contribution in [1.82, 2.24) is 4.90 Å². The second kappa shape index (κ2) is 4.50. The highest BCUT2D eigenvalue weighted by molar-refractivity contribution is 6.11. The van der Waals surface area contributed by atoms with Crippen LogP contribution >= 0.6 is 0 Å². The molecule has 1 fully saturated rings. The van der Waals surface area contributed by atoms with Crippen LogP contribution in [0.15, 0.2) is 0 Å². The number of nitrogens with zero attached hydrogens (tertiary/aromatic N) is 1. The van der Waals surface area contributed by atoms with Crippen LogP contribution in [0.2, 0.25) is 0 Å². The second-order valence-electron chi connectivity index (χ2n) is 5.21. The average molecular weight is 181 g/mol. The molecule has 1 saturated heterocycles. The van der Waals surface area contributed by atoms with Crippen molar-refractivity contribution in [1.29, 1.82) is 0 Å². The fraction of sp³-hybridized carbons (Fsp3) is 1.00. The van der Waals surface area contributed by atoms with E-state index in [1.807, 2.05) is 0 Å². The second-order valence-corrected chi connectivity index (χ2v) is 5.21. The summed E-state index contributed by atoms with van der Waals surface area (Å²) in [7, 11) is 2.38. The lowest BCUT2D eigenvalue weighted by atomic mass is 9.75. The molecule has 2 unspecified atom stereocenters. The smallest absolute Gasteiger partial charge is 0.123 e. The third kappa shape index (κ3) is 2.73. The molecule has 0 aromatic rings. The van der Waals surface area contributed by atoms with Gasteiger partial charge in [-0.15, -0.1) is 0 Å². The SMILES string of the molecule is BC1CC(C(C)C)CCN1C(C)C. The zero-order valence-electron chi connectivity index (χ0n) is 9.88. The van der Waals surface area contributed by atoms with Gasteiger partial charge in [-0.3, -0.25) is 0 Å². The molecule has 0 aromatic carbocycles. The molecule has 76 valence electrons. The number of rotatable bonds is 2. The lowest BCUT2D eigenvalue weighted by molar-refractivity contribution is 0.107. The van der Waals surface area contributed by atoms with E-state index in [2.05, 4.69) is 40.4 Å². The van der Waals surface area contributed by atoms with E-state index in [0.29, 0.717) is 0 Å². The molecule has 0 bridgehead atoms. The molecule has 1 nitrogen and oxygen atoms in total.